The number of carbonyl (C=O) groups is 1. The highest BCUT2D eigenvalue weighted by molar-refractivity contribution is 7.99. The number of rotatable bonds is 7. The SMILES string of the molecule is CCn1c(SCCCC(=O)c2cccs2)nc2ccccc2c1=O. The summed E-state index contributed by atoms with van der Waals surface area (Å²) in [5.41, 5.74) is 0.727. The lowest BCUT2D eigenvalue weighted by Crippen LogP contribution is -2.22. The summed E-state index contributed by atoms with van der Waals surface area (Å²) in [4.78, 5) is 30.0. The first-order valence-electron chi connectivity index (χ1n) is 7.89. The fourth-order valence-electron chi connectivity index (χ4n) is 2.49. The Kier molecular flexibility index (Phi) is 5.48. The maximum Gasteiger partial charge on any atom is 0.262 e. The minimum absolute atomic E-state index is 0.000243. The maximum absolute atomic E-state index is 12.5. The van der Waals surface area contributed by atoms with Crippen molar-refractivity contribution in [2.75, 3.05) is 5.75 Å². The molecule has 0 N–H and O–H groups in total. The smallest absolute Gasteiger partial charge is 0.262 e. The topological polar surface area (TPSA) is 52.0 Å². The molecule has 2 aromatic heterocycles. The van der Waals surface area contributed by atoms with Crippen LogP contribution in [0.3, 0.4) is 0 Å². The van der Waals surface area contributed by atoms with Gasteiger partial charge in [0.1, 0.15) is 0 Å². The molecule has 0 unspecified atom stereocenters. The molecule has 2 heterocycles. The summed E-state index contributed by atoms with van der Waals surface area (Å²) in [5.74, 6) is 0.951. The van der Waals surface area contributed by atoms with Crippen LogP contribution in [-0.2, 0) is 6.54 Å². The molecule has 0 saturated carbocycles. The van der Waals surface area contributed by atoms with Gasteiger partial charge in [-0.2, -0.15) is 0 Å². The molecule has 0 amide bonds. The van der Waals surface area contributed by atoms with Crippen LogP contribution in [0.25, 0.3) is 10.9 Å². The number of para-hydroxylation sites is 1. The van der Waals surface area contributed by atoms with Crippen molar-refractivity contribution >= 4 is 39.8 Å². The van der Waals surface area contributed by atoms with Crippen LogP contribution in [0.4, 0.5) is 0 Å². The molecule has 0 radical (unpaired) electrons. The van der Waals surface area contributed by atoms with E-state index in [2.05, 4.69) is 4.98 Å². The summed E-state index contributed by atoms with van der Waals surface area (Å²) in [5, 5.41) is 3.29. The quantitative estimate of drug-likeness (QED) is 0.274. The van der Waals surface area contributed by atoms with Crippen LogP contribution in [0.1, 0.15) is 29.4 Å². The van der Waals surface area contributed by atoms with Gasteiger partial charge in [0.2, 0.25) is 0 Å². The van der Waals surface area contributed by atoms with E-state index >= 15 is 0 Å². The number of hydrogen-bond donors (Lipinski definition) is 0. The Morgan fingerprint density at radius 1 is 1.25 bits per heavy atom. The van der Waals surface area contributed by atoms with Crippen LogP contribution in [0.2, 0.25) is 0 Å². The van der Waals surface area contributed by atoms with E-state index in [-0.39, 0.29) is 11.3 Å². The van der Waals surface area contributed by atoms with Crippen molar-refractivity contribution in [2.24, 2.45) is 0 Å². The largest absolute Gasteiger partial charge is 0.293 e. The first kappa shape index (κ1) is 16.9. The molecule has 0 aliphatic rings. The van der Waals surface area contributed by atoms with Crippen molar-refractivity contribution in [2.45, 2.75) is 31.5 Å². The maximum atomic E-state index is 12.5. The van der Waals surface area contributed by atoms with Crippen molar-refractivity contribution in [3.8, 4) is 0 Å². The average Bonchev–Trinajstić information content (AvgIpc) is 3.13. The zero-order chi connectivity index (χ0) is 16.9. The van der Waals surface area contributed by atoms with E-state index in [1.54, 1.807) is 16.3 Å². The van der Waals surface area contributed by atoms with Gasteiger partial charge in [0, 0.05) is 18.7 Å². The minimum atomic E-state index is 0.000243. The van der Waals surface area contributed by atoms with Crippen LogP contribution >= 0.6 is 23.1 Å². The monoisotopic (exact) mass is 358 g/mol. The molecule has 0 bridgehead atoms. The molecule has 6 heteroatoms. The standard InChI is InChI=1S/C18H18N2O2S2/c1-2-20-17(22)13-7-3-4-8-14(13)19-18(20)24-12-5-9-15(21)16-10-6-11-23-16/h3-4,6-8,10-11H,2,5,9,12H2,1H3. The second-order valence-corrected chi connectivity index (χ2v) is 7.32. The molecule has 4 nitrogen and oxygen atoms in total. The number of fused-ring (bicyclic) bond motifs is 1. The van der Waals surface area contributed by atoms with E-state index in [4.69, 9.17) is 0 Å². The molecule has 0 aliphatic heterocycles. The summed E-state index contributed by atoms with van der Waals surface area (Å²) >= 11 is 3.02. The first-order valence-corrected chi connectivity index (χ1v) is 9.76. The van der Waals surface area contributed by atoms with Crippen molar-refractivity contribution in [1.82, 2.24) is 9.55 Å². The summed E-state index contributed by atoms with van der Waals surface area (Å²) in [6.45, 7) is 2.54. The van der Waals surface area contributed by atoms with Crippen molar-refractivity contribution in [3.05, 3.63) is 57.0 Å². The van der Waals surface area contributed by atoms with Crippen molar-refractivity contribution < 1.29 is 4.79 Å². The van der Waals surface area contributed by atoms with Gasteiger partial charge >= 0.3 is 0 Å². The summed E-state index contributed by atoms with van der Waals surface area (Å²) in [6.07, 6.45) is 1.30. The van der Waals surface area contributed by atoms with Crippen LogP contribution in [-0.4, -0.2) is 21.1 Å². The van der Waals surface area contributed by atoms with Gasteiger partial charge < -0.3 is 0 Å². The van der Waals surface area contributed by atoms with E-state index in [1.165, 1.54) is 11.3 Å². The van der Waals surface area contributed by atoms with Gasteiger partial charge in [-0.3, -0.25) is 14.2 Å². The zero-order valence-electron chi connectivity index (χ0n) is 13.4. The van der Waals surface area contributed by atoms with Crippen LogP contribution in [0.15, 0.2) is 51.7 Å². The highest BCUT2D eigenvalue weighted by Gasteiger charge is 2.11. The third-order valence-electron chi connectivity index (χ3n) is 3.72. The van der Waals surface area contributed by atoms with E-state index in [9.17, 15) is 9.59 Å². The molecule has 0 atom stereocenters. The lowest BCUT2D eigenvalue weighted by atomic mass is 10.2. The molecule has 0 fully saturated rings. The average molecular weight is 358 g/mol. The van der Waals surface area contributed by atoms with Gasteiger partial charge in [-0.05, 0) is 36.9 Å². The summed E-state index contributed by atoms with van der Waals surface area (Å²) < 4.78 is 1.70. The highest BCUT2D eigenvalue weighted by atomic mass is 32.2. The predicted octanol–water partition coefficient (Wildman–Crippen LogP) is 4.23. The lowest BCUT2D eigenvalue weighted by molar-refractivity contribution is 0.0986. The van der Waals surface area contributed by atoms with Gasteiger partial charge in [0.25, 0.3) is 5.56 Å². The van der Waals surface area contributed by atoms with E-state index in [0.29, 0.717) is 18.4 Å². The Bertz CT molecular complexity index is 901. The number of Topliss-reactive ketones (excluding diaryl/α,β-unsaturated/α-hetero) is 1. The van der Waals surface area contributed by atoms with Crippen LogP contribution < -0.4 is 5.56 Å². The Labute approximate surface area is 148 Å². The molecule has 3 aromatic rings. The number of thioether (sulfide) groups is 1. The van der Waals surface area contributed by atoms with Gasteiger partial charge in [0.15, 0.2) is 10.9 Å². The zero-order valence-corrected chi connectivity index (χ0v) is 15.0. The molecule has 124 valence electrons. The first-order chi connectivity index (χ1) is 11.7. The van der Waals surface area contributed by atoms with Gasteiger partial charge in [-0.25, -0.2) is 4.98 Å². The molecule has 0 aliphatic carbocycles. The Hall–Kier alpha value is -1.92. The second-order valence-electron chi connectivity index (χ2n) is 5.31. The summed E-state index contributed by atoms with van der Waals surface area (Å²) in [6, 6.07) is 11.2. The number of carbonyl (C=O) groups excluding carboxylic acids is 1. The van der Waals surface area contributed by atoms with Crippen molar-refractivity contribution in [1.29, 1.82) is 0 Å². The predicted molar refractivity (Wildman–Crippen MR) is 100 cm³/mol. The normalized spacial score (nSPS) is 11.0. The number of thiophene rings is 1. The van der Waals surface area contributed by atoms with Crippen LogP contribution in [0.5, 0.6) is 0 Å². The Morgan fingerprint density at radius 3 is 2.83 bits per heavy atom. The fraction of sp³-hybridized carbons (Fsp3) is 0.278. The summed E-state index contributed by atoms with van der Waals surface area (Å²) in [7, 11) is 0. The van der Waals surface area contributed by atoms with E-state index in [1.807, 2.05) is 48.7 Å². The van der Waals surface area contributed by atoms with E-state index in [0.717, 1.165) is 27.7 Å². The van der Waals surface area contributed by atoms with Gasteiger partial charge in [-0.15, -0.1) is 11.3 Å². The molecular weight excluding hydrogens is 340 g/mol. The third kappa shape index (κ3) is 3.60. The number of hydrogen-bond acceptors (Lipinski definition) is 5. The molecule has 0 spiro atoms. The third-order valence-corrected chi connectivity index (χ3v) is 5.69. The van der Waals surface area contributed by atoms with Crippen LogP contribution in [0, 0.1) is 0 Å². The van der Waals surface area contributed by atoms with E-state index < -0.39 is 0 Å². The fourth-order valence-corrected chi connectivity index (χ4v) is 4.19. The Balaban J connectivity index is 1.69. The Morgan fingerprint density at radius 2 is 2.08 bits per heavy atom. The molecule has 24 heavy (non-hydrogen) atoms. The highest BCUT2D eigenvalue weighted by Crippen LogP contribution is 2.20. The number of benzene rings is 1. The second kappa shape index (κ2) is 7.77. The van der Waals surface area contributed by atoms with Gasteiger partial charge in [-0.1, -0.05) is 30.0 Å². The van der Waals surface area contributed by atoms with Crippen molar-refractivity contribution in [3.63, 3.8) is 0 Å². The molecule has 1 aromatic carbocycles. The molecule has 3 rings (SSSR count). The number of ketones is 1. The number of aromatic nitrogens is 2. The lowest BCUT2D eigenvalue weighted by Gasteiger charge is -2.10. The minimum Gasteiger partial charge on any atom is -0.293 e. The number of nitrogens with zero attached hydrogens (tertiary/aromatic N) is 2. The molecular formula is C18H18N2O2S2. The molecule has 0 saturated heterocycles. The van der Waals surface area contributed by atoms with Gasteiger partial charge in [0.05, 0.1) is 15.8 Å².